The lowest BCUT2D eigenvalue weighted by Gasteiger charge is -2.34. The highest BCUT2D eigenvalue weighted by Gasteiger charge is 2.23. The van der Waals surface area contributed by atoms with Gasteiger partial charge in [0.2, 0.25) is 0 Å². The SMILES string of the molecule is CC(C)c1ccccc1C1CCCCN1C. The second-order valence-electron chi connectivity index (χ2n) is 5.28. The predicted octanol–water partition coefficient (Wildman–Crippen LogP) is 3.97. The fourth-order valence-corrected chi connectivity index (χ4v) is 2.81. The van der Waals surface area contributed by atoms with Crippen molar-refractivity contribution in [3.8, 4) is 0 Å². The maximum Gasteiger partial charge on any atom is 0.0347 e. The minimum Gasteiger partial charge on any atom is -0.299 e. The third-order valence-corrected chi connectivity index (χ3v) is 3.75. The first kappa shape index (κ1) is 11.7. The molecule has 1 heteroatoms. The molecule has 0 aromatic heterocycles. The molecule has 1 aromatic carbocycles. The van der Waals surface area contributed by atoms with Crippen LogP contribution in [0.4, 0.5) is 0 Å². The summed E-state index contributed by atoms with van der Waals surface area (Å²) in [6.07, 6.45) is 4.05. The Bertz CT molecular complexity index is 343. The Hall–Kier alpha value is -0.820. The zero-order valence-electron chi connectivity index (χ0n) is 10.7. The summed E-state index contributed by atoms with van der Waals surface area (Å²) in [4.78, 5) is 2.52. The Kier molecular flexibility index (Phi) is 3.65. The van der Waals surface area contributed by atoms with Crippen LogP contribution >= 0.6 is 0 Å². The Morgan fingerprint density at radius 1 is 1.19 bits per heavy atom. The van der Waals surface area contributed by atoms with Gasteiger partial charge in [0, 0.05) is 6.04 Å². The topological polar surface area (TPSA) is 3.24 Å². The predicted molar refractivity (Wildman–Crippen MR) is 69.8 cm³/mol. The van der Waals surface area contributed by atoms with Crippen LogP contribution in [-0.4, -0.2) is 18.5 Å². The number of nitrogens with zero attached hydrogens (tertiary/aromatic N) is 1. The van der Waals surface area contributed by atoms with E-state index in [9.17, 15) is 0 Å². The summed E-state index contributed by atoms with van der Waals surface area (Å²) in [6, 6.07) is 9.61. The Morgan fingerprint density at radius 2 is 1.94 bits per heavy atom. The van der Waals surface area contributed by atoms with E-state index in [1.54, 1.807) is 5.56 Å². The van der Waals surface area contributed by atoms with Crippen LogP contribution in [0, 0.1) is 0 Å². The van der Waals surface area contributed by atoms with Gasteiger partial charge in [-0.1, -0.05) is 44.5 Å². The largest absolute Gasteiger partial charge is 0.299 e. The summed E-state index contributed by atoms with van der Waals surface area (Å²) in [6.45, 7) is 5.83. The quantitative estimate of drug-likeness (QED) is 0.724. The van der Waals surface area contributed by atoms with Crippen molar-refractivity contribution in [2.45, 2.75) is 45.1 Å². The molecule has 0 N–H and O–H groups in total. The fourth-order valence-electron chi connectivity index (χ4n) is 2.81. The van der Waals surface area contributed by atoms with Crippen LogP contribution in [0.25, 0.3) is 0 Å². The Balaban J connectivity index is 2.31. The summed E-state index contributed by atoms with van der Waals surface area (Å²) in [5, 5.41) is 0. The molecule has 0 saturated carbocycles. The summed E-state index contributed by atoms with van der Waals surface area (Å²) < 4.78 is 0. The molecule has 1 heterocycles. The Labute approximate surface area is 99.5 Å². The molecule has 2 rings (SSSR count). The smallest absolute Gasteiger partial charge is 0.0347 e. The van der Waals surface area contributed by atoms with E-state index in [-0.39, 0.29) is 0 Å². The van der Waals surface area contributed by atoms with Gasteiger partial charge in [0.25, 0.3) is 0 Å². The van der Waals surface area contributed by atoms with Gasteiger partial charge in [0.05, 0.1) is 0 Å². The molecule has 0 amide bonds. The van der Waals surface area contributed by atoms with Crippen molar-refractivity contribution in [1.82, 2.24) is 4.90 Å². The average molecular weight is 217 g/mol. The van der Waals surface area contributed by atoms with Crippen molar-refractivity contribution in [3.63, 3.8) is 0 Å². The lowest BCUT2D eigenvalue weighted by Crippen LogP contribution is -2.30. The van der Waals surface area contributed by atoms with Crippen molar-refractivity contribution in [1.29, 1.82) is 0 Å². The van der Waals surface area contributed by atoms with Crippen LogP contribution in [0.2, 0.25) is 0 Å². The lowest BCUT2D eigenvalue weighted by molar-refractivity contribution is 0.186. The van der Waals surface area contributed by atoms with Gasteiger partial charge < -0.3 is 0 Å². The van der Waals surface area contributed by atoms with E-state index in [1.165, 1.54) is 31.4 Å². The van der Waals surface area contributed by atoms with Gasteiger partial charge in [0.15, 0.2) is 0 Å². The maximum absolute atomic E-state index is 2.52. The molecule has 1 saturated heterocycles. The number of hydrogen-bond acceptors (Lipinski definition) is 1. The van der Waals surface area contributed by atoms with Crippen LogP contribution in [0.3, 0.4) is 0 Å². The number of piperidine rings is 1. The van der Waals surface area contributed by atoms with Gasteiger partial charge >= 0.3 is 0 Å². The molecule has 0 aliphatic carbocycles. The molecule has 1 unspecified atom stereocenters. The fraction of sp³-hybridized carbons (Fsp3) is 0.600. The van der Waals surface area contributed by atoms with Crippen LogP contribution in [0.15, 0.2) is 24.3 Å². The second kappa shape index (κ2) is 5.01. The van der Waals surface area contributed by atoms with Gasteiger partial charge in [0.1, 0.15) is 0 Å². The van der Waals surface area contributed by atoms with E-state index in [0.717, 1.165) is 0 Å². The first-order valence-corrected chi connectivity index (χ1v) is 6.49. The van der Waals surface area contributed by atoms with Gasteiger partial charge in [-0.15, -0.1) is 0 Å². The molecule has 1 nitrogen and oxygen atoms in total. The monoisotopic (exact) mass is 217 g/mol. The molecule has 0 bridgehead atoms. The molecular formula is C15H23N. The van der Waals surface area contributed by atoms with Crippen molar-refractivity contribution < 1.29 is 0 Å². The molecule has 88 valence electrons. The number of likely N-dealkylation sites (tertiary alicyclic amines) is 1. The molecule has 1 aromatic rings. The number of benzene rings is 1. The van der Waals surface area contributed by atoms with Gasteiger partial charge in [-0.25, -0.2) is 0 Å². The molecule has 0 spiro atoms. The second-order valence-corrected chi connectivity index (χ2v) is 5.28. The molecular weight excluding hydrogens is 194 g/mol. The number of hydrogen-bond donors (Lipinski definition) is 0. The highest BCUT2D eigenvalue weighted by molar-refractivity contribution is 5.32. The minimum atomic E-state index is 0.631. The van der Waals surface area contributed by atoms with Crippen molar-refractivity contribution in [2.24, 2.45) is 0 Å². The van der Waals surface area contributed by atoms with E-state index in [2.05, 4.69) is 50.1 Å². The van der Waals surface area contributed by atoms with Crippen molar-refractivity contribution >= 4 is 0 Å². The summed E-state index contributed by atoms with van der Waals surface area (Å²) >= 11 is 0. The maximum atomic E-state index is 2.52. The van der Waals surface area contributed by atoms with E-state index < -0.39 is 0 Å². The standard InChI is InChI=1S/C15H23N/c1-12(2)13-8-4-5-9-14(13)15-10-6-7-11-16(15)3/h4-5,8-9,12,15H,6-7,10-11H2,1-3H3. The number of rotatable bonds is 2. The molecule has 1 aliphatic heterocycles. The van der Waals surface area contributed by atoms with Gasteiger partial charge in [-0.05, 0) is 43.5 Å². The van der Waals surface area contributed by atoms with E-state index in [4.69, 9.17) is 0 Å². The third-order valence-electron chi connectivity index (χ3n) is 3.75. The zero-order chi connectivity index (χ0) is 11.5. The Morgan fingerprint density at radius 3 is 2.62 bits per heavy atom. The molecule has 1 aliphatic rings. The van der Waals surface area contributed by atoms with Crippen molar-refractivity contribution in [3.05, 3.63) is 35.4 Å². The van der Waals surface area contributed by atoms with Crippen LogP contribution in [-0.2, 0) is 0 Å². The highest BCUT2D eigenvalue weighted by atomic mass is 15.1. The lowest BCUT2D eigenvalue weighted by atomic mass is 9.88. The average Bonchev–Trinajstić information content (AvgIpc) is 2.29. The van der Waals surface area contributed by atoms with Gasteiger partial charge in [-0.2, -0.15) is 0 Å². The van der Waals surface area contributed by atoms with Gasteiger partial charge in [-0.3, -0.25) is 4.90 Å². The van der Waals surface area contributed by atoms with Crippen LogP contribution < -0.4 is 0 Å². The molecule has 0 radical (unpaired) electrons. The summed E-state index contributed by atoms with van der Waals surface area (Å²) in [7, 11) is 2.26. The molecule has 16 heavy (non-hydrogen) atoms. The first-order valence-electron chi connectivity index (χ1n) is 6.49. The molecule has 1 fully saturated rings. The normalized spacial score (nSPS) is 22.6. The first-order chi connectivity index (χ1) is 7.70. The minimum absolute atomic E-state index is 0.631. The summed E-state index contributed by atoms with van der Waals surface area (Å²) in [5.74, 6) is 0.631. The van der Waals surface area contributed by atoms with Crippen LogP contribution in [0.1, 0.15) is 56.2 Å². The highest BCUT2D eigenvalue weighted by Crippen LogP contribution is 2.34. The zero-order valence-corrected chi connectivity index (χ0v) is 10.7. The van der Waals surface area contributed by atoms with E-state index in [1.807, 2.05) is 0 Å². The van der Waals surface area contributed by atoms with E-state index in [0.29, 0.717) is 12.0 Å². The van der Waals surface area contributed by atoms with Crippen LogP contribution in [0.5, 0.6) is 0 Å². The summed E-state index contributed by atoms with van der Waals surface area (Å²) in [5.41, 5.74) is 3.08. The van der Waals surface area contributed by atoms with E-state index >= 15 is 0 Å². The van der Waals surface area contributed by atoms with Crippen molar-refractivity contribution in [2.75, 3.05) is 13.6 Å². The molecule has 1 atom stereocenters. The third kappa shape index (κ3) is 2.30.